The number of aromatic nitrogens is 2. The number of nitrogen functional groups attached to an aromatic ring is 1. The lowest BCUT2D eigenvalue weighted by molar-refractivity contribution is 0.102. The zero-order valence-corrected chi connectivity index (χ0v) is 10.6. The maximum Gasteiger partial charge on any atom is 0.275 e. The summed E-state index contributed by atoms with van der Waals surface area (Å²) in [7, 11) is 0. The normalized spacial score (nSPS) is 10.4. The van der Waals surface area contributed by atoms with Gasteiger partial charge in [-0.25, -0.2) is 9.97 Å². The highest BCUT2D eigenvalue weighted by molar-refractivity contribution is 6.08. The molecule has 3 aromatic rings. The van der Waals surface area contributed by atoms with Gasteiger partial charge in [0.2, 0.25) is 0 Å². The number of anilines is 2. The molecule has 98 valence electrons. The average Bonchev–Trinajstić information content (AvgIpc) is 2.48. The lowest BCUT2D eigenvalue weighted by Gasteiger charge is -2.08. The Labute approximate surface area is 115 Å². The van der Waals surface area contributed by atoms with E-state index in [1.54, 1.807) is 0 Å². The highest BCUT2D eigenvalue weighted by Crippen LogP contribution is 2.23. The Hall–Kier alpha value is -2.95. The van der Waals surface area contributed by atoms with Crippen molar-refractivity contribution >= 4 is 28.2 Å². The number of fused-ring (bicyclic) bond motifs is 1. The van der Waals surface area contributed by atoms with E-state index in [-0.39, 0.29) is 17.4 Å². The average molecular weight is 264 g/mol. The summed E-state index contributed by atoms with van der Waals surface area (Å²) in [5.41, 5.74) is 6.42. The molecular formula is C15H12N4O. The number of carbonyl (C=O) groups is 1. The van der Waals surface area contributed by atoms with Gasteiger partial charge in [-0.2, -0.15) is 0 Å². The standard InChI is InChI=1S/C15H12N4O/c16-14-9-17-13(8-18-14)15(20)19-12-7-3-5-10-4-1-2-6-11(10)12/h1-9H,(H2,16,18)(H,19,20). The second-order valence-corrected chi connectivity index (χ2v) is 4.31. The first-order chi connectivity index (χ1) is 9.74. The van der Waals surface area contributed by atoms with Crippen LogP contribution < -0.4 is 11.1 Å². The van der Waals surface area contributed by atoms with Gasteiger partial charge in [0.25, 0.3) is 5.91 Å². The number of amides is 1. The highest BCUT2D eigenvalue weighted by atomic mass is 16.1. The van der Waals surface area contributed by atoms with Gasteiger partial charge in [0, 0.05) is 11.1 Å². The van der Waals surface area contributed by atoms with Crippen LogP contribution in [0.5, 0.6) is 0 Å². The molecular weight excluding hydrogens is 252 g/mol. The van der Waals surface area contributed by atoms with Crippen LogP contribution in [0.1, 0.15) is 10.5 Å². The zero-order chi connectivity index (χ0) is 13.9. The number of hydrogen-bond donors (Lipinski definition) is 2. The van der Waals surface area contributed by atoms with Crippen LogP contribution in [0.3, 0.4) is 0 Å². The molecule has 20 heavy (non-hydrogen) atoms. The lowest BCUT2D eigenvalue weighted by atomic mass is 10.1. The first-order valence-electron chi connectivity index (χ1n) is 6.11. The van der Waals surface area contributed by atoms with Gasteiger partial charge in [0.15, 0.2) is 0 Å². The molecule has 3 rings (SSSR count). The smallest absolute Gasteiger partial charge is 0.275 e. The third-order valence-corrected chi connectivity index (χ3v) is 2.94. The summed E-state index contributed by atoms with van der Waals surface area (Å²) in [5.74, 6) is -0.0273. The Morgan fingerprint density at radius 1 is 1.00 bits per heavy atom. The summed E-state index contributed by atoms with van der Waals surface area (Å²) in [5, 5.41) is 4.88. The van der Waals surface area contributed by atoms with Crippen LogP contribution in [0.25, 0.3) is 10.8 Å². The van der Waals surface area contributed by atoms with Crippen LogP contribution in [0.2, 0.25) is 0 Å². The number of benzene rings is 2. The summed E-state index contributed by atoms with van der Waals surface area (Å²) >= 11 is 0. The largest absolute Gasteiger partial charge is 0.382 e. The minimum absolute atomic E-state index is 0.229. The van der Waals surface area contributed by atoms with Crippen LogP contribution in [-0.2, 0) is 0 Å². The monoisotopic (exact) mass is 264 g/mol. The SMILES string of the molecule is Nc1cnc(C(=O)Nc2cccc3ccccc23)cn1. The number of nitrogens with zero attached hydrogens (tertiary/aromatic N) is 2. The molecule has 0 saturated carbocycles. The molecule has 0 atom stereocenters. The summed E-state index contributed by atoms with van der Waals surface area (Å²) in [4.78, 5) is 19.9. The Bertz CT molecular complexity index is 763. The second-order valence-electron chi connectivity index (χ2n) is 4.31. The third-order valence-electron chi connectivity index (χ3n) is 2.94. The molecule has 0 aliphatic heterocycles. The Morgan fingerprint density at radius 3 is 2.60 bits per heavy atom. The first kappa shape index (κ1) is 12.1. The molecule has 0 spiro atoms. The van der Waals surface area contributed by atoms with Crippen molar-refractivity contribution in [2.75, 3.05) is 11.1 Å². The molecule has 2 aromatic carbocycles. The molecule has 0 aliphatic carbocycles. The van der Waals surface area contributed by atoms with Gasteiger partial charge in [0.05, 0.1) is 12.4 Å². The van der Waals surface area contributed by atoms with Gasteiger partial charge in [0.1, 0.15) is 11.5 Å². The molecule has 0 radical (unpaired) electrons. The number of carbonyl (C=O) groups excluding carboxylic acids is 1. The number of hydrogen-bond acceptors (Lipinski definition) is 4. The Morgan fingerprint density at radius 2 is 1.80 bits per heavy atom. The quantitative estimate of drug-likeness (QED) is 0.745. The molecule has 0 saturated heterocycles. The van der Waals surface area contributed by atoms with E-state index in [2.05, 4.69) is 15.3 Å². The molecule has 0 bridgehead atoms. The van der Waals surface area contributed by atoms with Crippen molar-refractivity contribution in [3.8, 4) is 0 Å². The van der Waals surface area contributed by atoms with Gasteiger partial charge >= 0.3 is 0 Å². The van der Waals surface area contributed by atoms with E-state index in [0.717, 1.165) is 16.5 Å². The fourth-order valence-electron chi connectivity index (χ4n) is 1.98. The van der Waals surface area contributed by atoms with E-state index >= 15 is 0 Å². The van der Waals surface area contributed by atoms with Crippen molar-refractivity contribution in [1.82, 2.24) is 9.97 Å². The van der Waals surface area contributed by atoms with Crippen molar-refractivity contribution < 1.29 is 4.79 Å². The lowest BCUT2D eigenvalue weighted by Crippen LogP contribution is -2.14. The fourth-order valence-corrected chi connectivity index (χ4v) is 1.98. The van der Waals surface area contributed by atoms with Crippen LogP contribution in [-0.4, -0.2) is 15.9 Å². The number of rotatable bonds is 2. The van der Waals surface area contributed by atoms with Crippen LogP contribution in [0, 0.1) is 0 Å². The van der Waals surface area contributed by atoms with Crippen LogP contribution in [0.4, 0.5) is 11.5 Å². The number of nitrogens with two attached hydrogens (primary N) is 1. The molecule has 1 heterocycles. The van der Waals surface area contributed by atoms with Gasteiger partial charge in [-0.15, -0.1) is 0 Å². The fraction of sp³-hybridized carbons (Fsp3) is 0. The summed E-state index contributed by atoms with van der Waals surface area (Å²) < 4.78 is 0. The first-order valence-corrected chi connectivity index (χ1v) is 6.11. The summed E-state index contributed by atoms with van der Waals surface area (Å²) in [6, 6.07) is 13.6. The third kappa shape index (κ3) is 2.29. The predicted molar refractivity (Wildman–Crippen MR) is 78.3 cm³/mol. The maximum atomic E-state index is 12.1. The van der Waals surface area contributed by atoms with E-state index in [9.17, 15) is 4.79 Å². The second kappa shape index (κ2) is 4.97. The Balaban J connectivity index is 1.93. The van der Waals surface area contributed by atoms with Crippen LogP contribution >= 0.6 is 0 Å². The van der Waals surface area contributed by atoms with Crippen LogP contribution in [0.15, 0.2) is 54.9 Å². The maximum absolute atomic E-state index is 12.1. The van der Waals surface area contributed by atoms with Gasteiger partial charge in [-0.05, 0) is 11.5 Å². The molecule has 5 nitrogen and oxygen atoms in total. The Kier molecular flexibility index (Phi) is 3.01. The molecule has 1 aromatic heterocycles. The molecule has 3 N–H and O–H groups in total. The van der Waals surface area contributed by atoms with Crippen molar-refractivity contribution in [3.63, 3.8) is 0 Å². The van der Waals surface area contributed by atoms with E-state index in [1.165, 1.54) is 12.4 Å². The van der Waals surface area contributed by atoms with Crippen molar-refractivity contribution in [3.05, 3.63) is 60.6 Å². The van der Waals surface area contributed by atoms with Gasteiger partial charge in [-0.3, -0.25) is 4.79 Å². The molecule has 5 heteroatoms. The summed E-state index contributed by atoms with van der Waals surface area (Å²) in [6.07, 6.45) is 2.72. The molecule has 1 amide bonds. The summed E-state index contributed by atoms with van der Waals surface area (Å²) in [6.45, 7) is 0. The number of nitrogens with one attached hydrogen (secondary N) is 1. The van der Waals surface area contributed by atoms with E-state index in [1.807, 2.05) is 42.5 Å². The molecule has 0 unspecified atom stereocenters. The van der Waals surface area contributed by atoms with E-state index in [4.69, 9.17) is 5.73 Å². The van der Waals surface area contributed by atoms with Crippen molar-refractivity contribution in [1.29, 1.82) is 0 Å². The zero-order valence-electron chi connectivity index (χ0n) is 10.6. The van der Waals surface area contributed by atoms with Gasteiger partial charge < -0.3 is 11.1 Å². The van der Waals surface area contributed by atoms with E-state index in [0.29, 0.717) is 0 Å². The molecule has 0 fully saturated rings. The minimum Gasteiger partial charge on any atom is -0.382 e. The van der Waals surface area contributed by atoms with Crippen molar-refractivity contribution in [2.45, 2.75) is 0 Å². The van der Waals surface area contributed by atoms with Gasteiger partial charge in [-0.1, -0.05) is 36.4 Å². The predicted octanol–water partition coefficient (Wildman–Crippen LogP) is 2.46. The topological polar surface area (TPSA) is 80.9 Å². The molecule has 0 aliphatic rings. The van der Waals surface area contributed by atoms with Crippen molar-refractivity contribution in [2.24, 2.45) is 0 Å². The highest BCUT2D eigenvalue weighted by Gasteiger charge is 2.09. The van der Waals surface area contributed by atoms with E-state index < -0.39 is 0 Å². The minimum atomic E-state index is -0.311.